The molecule has 8 nitrogen and oxygen atoms in total. The molecule has 0 atom stereocenters. The van der Waals surface area contributed by atoms with Gasteiger partial charge in [0, 0.05) is 58.7 Å². The van der Waals surface area contributed by atoms with Gasteiger partial charge >= 0.3 is 6.18 Å². The molecule has 0 unspecified atom stereocenters. The van der Waals surface area contributed by atoms with Crippen LogP contribution in [-0.2, 0) is 10.9 Å². The minimum absolute atomic E-state index is 0. The summed E-state index contributed by atoms with van der Waals surface area (Å²) >= 11 is 0. The Bertz CT molecular complexity index is 656. The molecular formula is C19H33F3IN7O. The summed E-state index contributed by atoms with van der Waals surface area (Å²) in [6, 6.07) is 1.20. The number of hydrogen-bond donors (Lipinski definition) is 3. The highest BCUT2D eigenvalue weighted by atomic mass is 127. The van der Waals surface area contributed by atoms with Crippen molar-refractivity contribution in [3.63, 3.8) is 0 Å². The summed E-state index contributed by atoms with van der Waals surface area (Å²) in [5, 5.41) is 9.45. The number of rotatable bonds is 10. The van der Waals surface area contributed by atoms with Gasteiger partial charge in [-0.15, -0.1) is 24.0 Å². The molecule has 0 aliphatic carbocycles. The highest BCUT2D eigenvalue weighted by Gasteiger charge is 2.32. The van der Waals surface area contributed by atoms with Crippen LogP contribution >= 0.6 is 24.0 Å². The van der Waals surface area contributed by atoms with E-state index in [1.165, 1.54) is 0 Å². The van der Waals surface area contributed by atoms with Crippen LogP contribution in [0.5, 0.6) is 0 Å². The molecule has 1 aliphatic heterocycles. The maximum Gasteiger partial charge on any atom is 0.433 e. The molecule has 1 saturated heterocycles. The quantitative estimate of drug-likeness (QED) is 0.176. The summed E-state index contributed by atoms with van der Waals surface area (Å²) in [6.07, 6.45) is -0.281. The first-order valence-corrected chi connectivity index (χ1v) is 10.3. The van der Waals surface area contributed by atoms with E-state index in [4.69, 9.17) is 4.74 Å². The third kappa shape index (κ3) is 10.6. The molecule has 1 aromatic heterocycles. The molecule has 1 aromatic rings. The molecule has 0 spiro atoms. The summed E-state index contributed by atoms with van der Waals surface area (Å²) in [6.45, 7) is 7.34. The van der Waals surface area contributed by atoms with Gasteiger partial charge in [-0.1, -0.05) is 0 Å². The fraction of sp³-hybridized carbons (Fsp3) is 0.737. The van der Waals surface area contributed by atoms with Crippen molar-refractivity contribution in [1.82, 2.24) is 25.5 Å². The van der Waals surface area contributed by atoms with Crippen LogP contribution in [0.1, 0.15) is 31.9 Å². The Morgan fingerprint density at radius 1 is 1.32 bits per heavy atom. The maximum atomic E-state index is 12.7. The number of ether oxygens (including phenoxy) is 1. The largest absolute Gasteiger partial charge is 0.433 e. The van der Waals surface area contributed by atoms with E-state index in [9.17, 15) is 13.2 Å². The molecule has 12 heteroatoms. The summed E-state index contributed by atoms with van der Waals surface area (Å²) in [7, 11) is 1.72. The molecule has 0 radical (unpaired) electrons. The summed E-state index contributed by atoms with van der Waals surface area (Å²) in [5.41, 5.74) is -0.966. The van der Waals surface area contributed by atoms with Crippen LogP contribution in [0.15, 0.2) is 17.3 Å². The number of guanidine groups is 1. The molecule has 2 heterocycles. The van der Waals surface area contributed by atoms with Crippen molar-refractivity contribution in [2.24, 2.45) is 4.99 Å². The third-order valence-corrected chi connectivity index (χ3v) is 4.71. The van der Waals surface area contributed by atoms with Crippen LogP contribution < -0.4 is 16.0 Å². The van der Waals surface area contributed by atoms with Crippen LogP contribution in [0.4, 0.5) is 19.1 Å². The number of aliphatic imine (C=N–C) groups is 1. The van der Waals surface area contributed by atoms with Gasteiger partial charge in [-0.05, 0) is 32.3 Å². The molecule has 0 amide bonds. The Hall–Kier alpha value is -1.41. The molecular weight excluding hydrogens is 526 g/mol. The standard InChI is InChI=1S/C19H32F3N7O.HI/c1-3-23-17(27-15-6-12-29(13-7-15)11-4-14-30-2)25-9-10-26-18-24-8-5-16(28-18)19(20,21)22;/h5,8,15H,3-4,6-7,9-14H2,1-2H3,(H2,23,25,27)(H,24,26,28);1H. The Kier molecular flexibility index (Phi) is 13.0. The Morgan fingerprint density at radius 2 is 2.06 bits per heavy atom. The highest BCUT2D eigenvalue weighted by molar-refractivity contribution is 14.0. The van der Waals surface area contributed by atoms with E-state index < -0.39 is 11.9 Å². The third-order valence-electron chi connectivity index (χ3n) is 4.71. The topological polar surface area (TPSA) is 86.7 Å². The fourth-order valence-corrected chi connectivity index (χ4v) is 3.18. The minimum Gasteiger partial charge on any atom is -0.385 e. The van der Waals surface area contributed by atoms with E-state index in [0.717, 1.165) is 64.3 Å². The van der Waals surface area contributed by atoms with Crippen molar-refractivity contribution in [2.45, 2.75) is 38.4 Å². The van der Waals surface area contributed by atoms with Crippen LogP contribution in [0.3, 0.4) is 0 Å². The van der Waals surface area contributed by atoms with Crippen LogP contribution in [0.2, 0.25) is 0 Å². The lowest BCUT2D eigenvalue weighted by atomic mass is 10.1. The minimum atomic E-state index is -4.49. The van der Waals surface area contributed by atoms with Gasteiger partial charge < -0.3 is 25.6 Å². The first-order valence-electron chi connectivity index (χ1n) is 10.3. The second kappa shape index (κ2) is 14.6. The number of methoxy groups -OCH3 is 1. The average molecular weight is 559 g/mol. The van der Waals surface area contributed by atoms with Crippen molar-refractivity contribution in [3.05, 3.63) is 18.0 Å². The maximum absolute atomic E-state index is 12.7. The van der Waals surface area contributed by atoms with Crippen molar-refractivity contribution in [1.29, 1.82) is 0 Å². The highest BCUT2D eigenvalue weighted by Crippen LogP contribution is 2.27. The Labute approximate surface area is 198 Å². The van der Waals surface area contributed by atoms with Gasteiger partial charge in [-0.2, -0.15) is 13.2 Å². The number of anilines is 1. The Balaban J connectivity index is 0.00000480. The number of halogens is 4. The van der Waals surface area contributed by atoms with Crippen LogP contribution in [-0.4, -0.2) is 79.9 Å². The number of likely N-dealkylation sites (tertiary alicyclic amines) is 1. The molecule has 1 aliphatic rings. The second-order valence-corrected chi connectivity index (χ2v) is 7.06. The number of nitrogens with one attached hydrogen (secondary N) is 3. The Morgan fingerprint density at radius 3 is 2.71 bits per heavy atom. The summed E-state index contributed by atoms with van der Waals surface area (Å²) in [4.78, 5) is 14.2. The lowest BCUT2D eigenvalue weighted by molar-refractivity contribution is -0.141. The molecule has 3 N–H and O–H groups in total. The molecule has 1 fully saturated rings. The lowest BCUT2D eigenvalue weighted by Crippen LogP contribution is -2.49. The zero-order chi connectivity index (χ0) is 21.8. The zero-order valence-electron chi connectivity index (χ0n) is 18.0. The van der Waals surface area contributed by atoms with Gasteiger partial charge in [0.1, 0.15) is 5.69 Å². The fourth-order valence-electron chi connectivity index (χ4n) is 3.18. The van der Waals surface area contributed by atoms with Crippen LogP contribution in [0.25, 0.3) is 0 Å². The molecule has 31 heavy (non-hydrogen) atoms. The van der Waals surface area contributed by atoms with E-state index in [-0.39, 0.29) is 29.9 Å². The second-order valence-electron chi connectivity index (χ2n) is 7.06. The van der Waals surface area contributed by atoms with Crippen molar-refractivity contribution < 1.29 is 17.9 Å². The predicted molar refractivity (Wildman–Crippen MR) is 126 cm³/mol. The summed E-state index contributed by atoms with van der Waals surface area (Å²) in [5.74, 6) is 0.654. The van der Waals surface area contributed by atoms with E-state index in [0.29, 0.717) is 25.1 Å². The smallest absolute Gasteiger partial charge is 0.385 e. The molecule has 178 valence electrons. The summed E-state index contributed by atoms with van der Waals surface area (Å²) < 4.78 is 43.2. The number of aromatic nitrogens is 2. The van der Waals surface area contributed by atoms with Gasteiger partial charge in [0.05, 0.1) is 6.54 Å². The van der Waals surface area contributed by atoms with Crippen molar-refractivity contribution >= 4 is 35.9 Å². The van der Waals surface area contributed by atoms with Gasteiger partial charge in [-0.25, -0.2) is 9.97 Å². The monoisotopic (exact) mass is 559 g/mol. The molecule has 0 saturated carbocycles. The lowest BCUT2D eigenvalue weighted by Gasteiger charge is -2.33. The number of alkyl halides is 3. The van der Waals surface area contributed by atoms with Gasteiger partial charge in [-0.3, -0.25) is 4.99 Å². The molecule has 2 rings (SSSR count). The molecule has 0 aromatic carbocycles. The van der Waals surface area contributed by atoms with E-state index >= 15 is 0 Å². The SMILES string of the molecule is CCNC(=NCCNc1nccc(C(F)(F)F)n1)NC1CCN(CCCOC)CC1.I. The first kappa shape index (κ1) is 27.6. The van der Waals surface area contributed by atoms with E-state index in [2.05, 4.69) is 35.8 Å². The van der Waals surface area contributed by atoms with Gasteiger partial charge in [0.2, 0.25) is 5.95 Å². The molecule has 0 bridgehead atoms. The zero-order valence-corrected chi connectivity index (χ0v) is 20.4. The van der Waals surface area contributed by atoms with E-state index in [1.54, 1.807) is 7.11 Å². The van der Waals surface area contributed by atoms with Gasteiger partial charge in [0.15, 0.2) is 5.96 Å². The number of piperidine rings is 1. The van der Waals surface area contributed by atoms with Crippen LogP contribution in [0, 0.1) is 0 Å². The van der Waals surface area contributed by atoms with Crippen molar-refractivity contribution in [2.75, 3.05) is 58.3 Å². The number of hydrogen-bond acceptors (Lipinski definition) is 6. The first-order chi connectivity index (χ1) is 14.4. The normalized spacial score (nSPS) is 16.0. The van der Waals surface area contributed by atoms with Gasteiger partial charge in [0.25, 0.3) is 0 Å². The van der Waals surface area contributed by atoms with E-state index in [1.807, 2.05) is 6.92 Å². The van der Waals surface area contributed by atoms with Crippen molar-refractivity contribution in [3.8, 4) is 0 Å². The predicted octanol–water partition coefficient (Wildman–Crippen LogP) is 2.58. The number of nitrogens with zero attached hydrogens (tertiary/aromatic N) is 4. The average Bonchev–Trinajstić information content (AvgIpc) is 2.72.